The monoisotopic (exact) mass is 448 g/mol. The summed E-state index contributed by atoms with van der Waals surface area (Å²) < 4.78 is 4.77. The van der Waals surface area contributed by atoms with Crippen LogP contribution in [0.15, 0.2) is 60.7 Å². The van der Waals surface area contributed by atoms with E-state index in [0.29, 0.717) is 0 Å². The van der Waals surface area contributed by atoms with Crippen molar-refractivity contribution in [1.29, 1.82) is 0 Å². The molecule has 0 saturated carbocycles. The predicted molar refractivity (Wildman–Crippen MR) is 86.9 cm³/mol. The fourth-order valence-corrected chi connectivity index (χ4v) is 11.7. The maximum atomic E-state index is 2.35. The van der Waals surface area contributed by atoms with Gasteiger partial charge < -0.3 is 0 Å². The zero-order valence-corrected chi connectivity index (χ0v) is 15.2. The van der Waals surface area contributed by atoms with E-state index in [9.17, 15) is 0 Å². The third kappa shape index (κ3) is 4.73. The Kier molecular flexibility index (Phi) is 6.58. The summed E-state index contributed by atoms with van der Waals surface area (Å²) in [6.07, 6.45) is 5.54. The molecule has 0 bridgehead atoms. The average molecular weight is 448 g/mol. The fourth-order valence-electron chi connectivity index (χ4n) is 2.32. The maximum absolute atomic E-state index is 2.35. The first-order valence-corrected chi connectivity index (χ1v) is 13.2. The average Bonchev–Trinajstić information content (AvgIpc) is 2.49. The topological polar surface area (TPSA) is 0 Å². The normalized spacial score (nSPS) is 10.8. The third-order valence-electron chi connectivity index (χ3n) is 3.37. The molecule has 0 nitrogen and oxygen atoms in total. The molecule has 0 heterocycles. The fraction of sp³-hybridized carbons (Fsp3) is 0.333. The van der Waals surface area contributed by atoms with Gasteiger partial charge in [-0.05, 0) is 0 Å². The summed E-state index contributed by atoms with van der Waals surface area (Å²) in [6, 6.07) is 22.5. The first kappa shape index (κ1) is 14.7. The SMILES string of the molecule is CCCCC[CH2][Bi]([c]1ccccc1)[c]1ccccc1. The van der Waals surface area contributed by atoms with Crippen molar-refractivity contribution in [2.24, 2.45) is 0 Å². The van der Waals surface area contributed by atoms with Crippen LogP contribution in [0.2, 0.25) is 4.13 Å². The predicted octanol–water partition coefficient (Wildman–Crippen LogP) is 3.88. The van der Waals surface area contributed by atoms with Gasteiger partial charge in [0.25, 0.3) is 0 Å². The number of hydrogen-bond acceptors (Lipinski definition) is 0. The van der Waals surface area contributed by atoms with Crippen LogP contribution in [0.4, 0.5) is 0 Å². The van der Waals surface area contributed by atoms with E-state index < -0.39 is 21.8 Å². The molecule has 19 heavy (non-hydrogen) atoms. The summed E-state index contributed by atoms with van der Waals surface area (Å²) >= 11 is -1.72. The quantitative estimate of drug-likeness (QED) is 0.446. The molecule has 0 amide bonds. The number of unbranched alkanes of at least 4 members (excludes halogenated alkanes) is 3. The molecule has 2 rings (SSSR count). The Hall–Kier alpha value is -0.677. The molecule has 0 aliphatic carbocycles. The van der Waals surface area contributed by atoms with Gasteiger partial charge in [0.1, 0.15) is 0 Å². The first-order valence-electron chi connectivity index (χ1n) is 7.29. The second-order valence-electron chi connectivity index (χ2n) is 4.88. The van der Waals surface area contributed by atoms with E-state index in [1.165, 1.54) is 29.8 Å². The molecule has 0 aliphatic heterocycles. The van der Waals surface area contributed by atoms with E-state index in [2.05, 4.69) is 67.6 Å². The minimum absolute atomic E-state index is 1.33. The molecule has 2 aromatic rings. The molecule has 0 saturated heterocycles. The summed E-state index contributed by atoms with van der Waals surface area (Å²) in [4.78, 5) is 0. The van der Waals surface area contributed by atoms with Gasteiger partial charge in [-0.1, -0.05) is 0 Å². The zero-order chi connectivity index (χ0) is 13.3. The summed E-state index contributed by atoms with van der Waals surface area (Å²) in [5, 5.41) is 0. The molecular weight excluding hydrogens is 425 g/mol. The van der Waals surface area contributed by atoms with Gasteiger partial charge in [0.2, 0.25) is 0 Å². The van der Waals surface area contributed by atoms with Gasteiger partial charge in [0, 0.05) is 0 Å². The van der Waals surface area contributed by atoms with Crippen LogP contribution in [-0.2, 0) is 0 Å². The van der Waals surface area contributed by atoms with E-state index in [1.807, 2.05) is 0 Å². The van der Waals surface area contributed by atoms with Crippen LogP contribution in [-0.4, -0.2) is 21.8 Å². The van der Waals surface area contributed by atoms with Crippen LogP contribution in [0.25, 0.3) is 0 Å². The van der Waals surface area contributed by atoms with Crippen LogP contribution in [0.3, 0.4) is 0 Å². The Balaban J connectivity index is 2.10. The molecule has 0 radical (unpaired) electrons. The number of rotatable bonds is 7. The summed E-state index contributed by atoms with van der Waals surface area (Å²) in [7, 11) is 0. The molecule has 0 fully saturated rings. The Bertz CT molecular complexity index is 410. The van der Waals surface area contributed by atoms with E-state index in [-0.39, 0.29) is 0 Å². The van der Waals surface area contributed by atoms with Crippen molar-refractivity contribution in [3.8, 4) is 0 Å². The number of hydrogen-bond donors (Lipinski definition) is 0. The van der Waals surface area contributed by atoms with Gasteiger partial charge in [-0.25, -0.2) is 0 Å². The van der Waals surface area contributed by atoms with Crippen LogP contribution in [0, 0.1) is 0 Å². The molecule has 100 valence electrons. The molecule has 2 aromatic carbocycles. The minimum atomic E-state index is -1.72. The Morgan fingerprint density at radius 1 is 0.684 bits per heavy atom. The van der Waals surface area contributed by atoms with E-state index in [1.54, 1.807) is 6.54 Å². The molecule has 0 aliphatic rings. The Morgan fingerprint density at radius 2 is 1.21 bits per heavy atom. The molecule has 0 unspecified atom stereocenters. The van der Waals surface area contributed by atoms with Crippen LogP contribution >= 0.6 is 0 Å². The number of benzene rings is 2. The zero-order valence-electron chi connectivity index (χ0n) is 11.8. The molecule has 0 atom stereocenters. The second kappa shape index (κ2) is 8.49. The van der Waals surface area contributed by atoms with Crippen molar-refractivity contribution in [3.05, 3.63) is 60.7 Å². The second-order valence-corrected chi connectivity index (χ2v) is 14.0. The van der Waals surface area contributed by atoms with E-state index in [4.69, 9.17) is 0 Å². The van der Waals surface area contributed by atoms with Gasteiger partial charge in [-0.3, -0.25) is 0 Å². The molecule has 0 N–H and O–H groups in total. The molecule has 0 aromatic heterocycles. The standard InChI is InChI=1S/2C6H5.C6H13.Bi/c2*1-2-4-6-5-3-1;1-3-5-6-4-2;/h2*1-5H;1,3-6H2,2H3;. The van der Waals surface area contributed by atoms with Crippen molar-refractivity contribution in [1.82, 2.24) is 0 Å². The van der Waals surface area contributed by atoms with Crippen molar-refractivity contribution in [2.75, 3.05) is 0 Å². The third-order valence-corrected chi connectivity index (χ3v) is 13.5. The van der Waals surface area contributed by atoms with Crippen molar-refractivity contribution in [2.45, 2.75) is 36.7 Å². The van der Waals surface area contributed by atoms with Gasteiger partial charge in [0.15, 0.2) is 0 Å². The van der Waals surface area contributed by atoms with Gasteiger partial charge >= 0.3 is 126 Å². The van der Waals surface area contributed by atoms with Crippen LogP contribution in [0.5, 0.6) is 0 Å². The Labute approximate surface area is 125 Å². The molecular formula is C18H23Bi. The van der Waals surface area contributed by atoms with Gasteiger partial charge in [-0.15, -0.1) is 0 Å². The summed E-state index contributed by atoms with van der Waals surface area (Å²) in [6.45, 7) is 2.29. The first-order chi connectivity index (χ1) is 9.42. The summed E-state index contributed by atoms with van der Waals surface area (Å²) in [5.74, 6) is 0. The molecule has 0 spiro atoms. The van der Waals surface area contributed by atoms with Gasteiger partial charge in [-0.2, -0.15) is 0 Å². The van der Waals surface area contributed by atoms with Crippen molar-refractivity contribution < 1.29 is 0 Å². The van der Waals surface area contributed by atoms with Gasteiger partial charge in [0.05, 0.1) is 0 Å². The Morgan fingerprint density at radius 3 is 1.68 bits per heavy atom. The van der Waals surface area contributed by atoms with Crippen LogP contribution in [0.1, 0.15) is 32.6 Å². The molecule has 1 heteroatoms. The van der Waals surface area contributed by atoms with Crippen molar-refractivity contribution in [3.63, 3.8) is 0 Å². The van der Waals surface area contributed by atoms with E-state index in [0.717, 1.165) is 0 Å². The van der Waals surface area contributed by atoms with Crippen LogP contribution < -0.4 is 6.54 Å². The van der Waals surface area contributed by atoms with E-state index >= 15 is 0 Å². The van der Waals surface area contributed by atoms with Crippen molar-refractivity contribution >= 4 is 28.3 Å². The summed E-state index contributed by atoms with van der Waals surface area (Å²) in [5.41, 5.74) is 0.